The number of aromatic nitrogens is 5. The number of nitrogens with one attached hydrogen (secondary N) is 1. The lowest BCUT2D eigenvalue weighted by atomic mass is 10.2. The third kappa shape index (κ3) is 3.45. The molecule has 3 heterocycles. The van der Waals surface area contributed by atoms with Crippen LogP contribution in [0.25, 0.3) is 17.3 Å². The number of halogens is 1. The smallest absolute Gasteiger partial charge is 0.275 e. The van der Waals surface area contributed by atoms with Gasteiger partial charge in [-0.2, -0.15) is 4.98 Å². The largest absolute Gasteiger partial charge is 0.334 e. The first kappa shape index (κ1) is 18.2. The van der Waals surface area contributed by atoms with Gasteiger partial charge in [-0.3, -0.25) is 9.36 Å². The quantitative estimate of drug-likeness (QED) is 0.542. The molecule has 3 aromatic heterocycles. The molecule has 0 spiro atoms. The lowest BCUT2D eigenvalue weighted by Crippen LogP contribution is -2.13. The van der Waals surface area contributed by atoms with E-state index in [9.17, 15) is 9.18 Å². The van der Waals surface area contributed by atoms with Gasteiger partial charge in [0.25, 0.3) is 11.8 Å². The zero-order chi connectivity index (χ0) is 20.7. The molecular weight excluding hydrogens is 387 g/mol. The maximum absolute atomic E-state index is 14.0. The summed E-state index contributed by atoms with van der Waals surface area (Å²) in [6, 6.07) is 8.17. The summed E-state index contributed by atoms with van der Waals surface area (Å²) >= 11 is 0. The second-order valence-corrected chi connectivity index (χ2v) is 7.21. The van der Waals surface area contributed by atoms with E-state index in [0.29, 0.717) is 29.0 Å². The molecule has 4 aromatic rings. The highest BCUT2D eigenvalue weighted by Crippen LogP contribution is 2.39. The second-order valence-electron chi connectivity index (χ2n) is 7.21. The summed E-state index contributed by atoms with van der Waals surface area (Å²) in [6.07, 6.45) is 6.75. The van der Waals surface area contributed by atoms with Gasteiger partial charge in [0, 0.05) is 18.3 Å². The Balaban J connectivity index is 1.42. The predicted molar refractivity (Wildman–Crippen MR) is 106 cm³/mol. The molecule has 1 saturated carbocycles. The number of nitrogens with zero attached hydrogens (tertiary/aromatic N) is 5. The molecule has 150 valence electrons. The first-order valence-electron chi connectivity index (χ1n) is 9.49. The van der Waals surface area contributed by atoms with Crippen LogP contribution in [-0.4, -0.2) is 30.6 Å². The summed E-state index contributed by atoms with van der Waals surface area (Å²) in [6.45, 7) is 1.78. The van der Waals surface area contributed by atoms with Crippen LogP contribution in [0.1, 0.15) is 40.6 Å². The van der Waals surface area contributed by atoms with E-state index in [1.165, 1.54) is 24.7 Å². The van der Waals surface area contributed by atoms with Gasteiger partial charge in [-0.05, 0) is 49.6 Å². The molecule has 0 radical (unpaired) electrons. The van der Waals surface area contributed by atoms with Gasteiger partial charge in [0.15, 0.2) is 11.6 Å². The van der Waals surface area contributed by atoms with Crippen LogP contribution in [0.4, 0.5) is 10.1 Å². The molecule has 0 atom stereocenters. The van der Waals surface area contributed by atoms with Gasteiger partial charge in [0.1, 0.15) is 17.8 Å². The summed E-state index contributed by atoms with van der Waals surface area (Å²) in [4.78, 5) is 25.5. The molecule has 9 heteroatoms. The highest BCUT2D eigenvalue weighted by molar-refractivity contribution is 6.02. The van der Waals surface area contributed by atoms with Crippen LogP contribution in [0, 0.1) is 12.7 Å². The maximum atomic E-state index is 14.0. The average Bonchev–Trinajstić information content (AvgIpc) is 3.27. The third-order valence-corrected chi connectivity index (χ3v) is 4.83. The van der Waals surface area contributed by atoms with E-state index in [0.717, 1.165) is 18.4 Å². The zero-order valence-corrected chi connectivity index (χ0v) is 16.0. The van der Waals surface area contributed by atoms with Crippen molar-refractivity contribution in [2.45, 2.75) is 25.7 Å². The fourth-order valence-electron chi connectivity index (χ4n) is 3.09. The fourth-order valence-corrected chi connectivity index (χ4v) is 3.09. The van der Waals surface area contributed by atoms with Crippen molar-refractivity contribution in [3.05, 3.63) is 72.0 Å². The number of rotatable bonds is 5. The number of amides is 1. The molecule has 1 fully saturated rings. The van der Waals surface area contributed by atoms with E-state index in [2.05, 4.69) is 25.4 Å². The minimum absolute atomic E-state index is 0.0946. The SMILES string of the molecule is Cc1ccc(NC(=O)c2cn(-c3ncccc3-c3nc(C4CC4)no3)cn2)c(F)c1. The monoisotopic (exact) mass is 404 g/mol. The van der Waals surface area contributed by atoms with Crippen molar-refractivity contribution in [1.29, 1.82) is 0 Å². The minimum Gasteiger partial charge on any atom is -0.334 e. The Morgan fingerprint density at radius 1 is 1.27 bits per heavy atom. The van der Waals surface area contributed by atoms with E-state index in [4.69, 9.17) is 4.52 Å². The summed E-state index contributed by atoms with van der Waals surface area (Å²) in [5.41, 5.74) is 1.61. The Labute approximate surface area is 170 Å². The van der Waals surface area contributed by atoms with E-state index < -0.39 is 11.7 Å². The van der Waals surface area contributed by atoms with Gasteiger partial charge in [-0.25, -0.2) is 14.4 Å². The average molecular weight is 404 g/mol. The molecule has 1 aliphatic carbocycles. The molecular formula is C21H17FN6O2. The number of anilines is 1. The maximum Gasteiger partial charge on any atom is 0.275 e. The van der Waals surface area contributed by atoms with Gasteiger partial charge in [0.2, 0.25) is 0 Å². The number of carbonyl (C=O) groups is 1. The number of pyridine rings is 1. The molecule has 0 saturated heterocycles. The van der Waals surface area contributed by atoms with Crippen LogP contribution < -0.4 is 5.32 Å². The van der Waals surface area contributed by atoms with Crippen LogP contribution in [0.3, 0.4) is 0 Å². The van der Waals surface area contributed by atoms with Crippen molar-refractivity contribution in [3.63, 3.8) is 0 Å². The van der Waals surface area contributed by atoms with Crippen LogP contribution >= 0.6 is 0 Å². The Morgan fingerprint density at radius 2 is 2.13 bits per heavy atom. The van der Waals surface area contributed by atoms with Crippen molar-refractivity contribution < 1.29 is 13.7 Å². The fraction of sp³-hybridized carbons (Fsp3) is 0.190. The first-order valence-corrected chi connectivity index (χ1v) is 9.49. The number of benzene rings is 1. The minimum atomic E-state index is -0.525. The molecule has 0 unspecified atom stereocenters. The van der Waals surface area contributed by atoms with E-state index in [1.807, 2.05) is 6.07 Å². The highest BCUT2D eigenvalue weighted by atomic mass is 19.1. The summed E-state index contributed by atoms with van der Waals surface area (Å²) < 4.78 is 21.0. The number of hydrogen-bond donors (Lipinski definition) is 1. The van der Waals surface area contributed by atoms with Crippen molar-refractivity contribution in [3.8, 4) is 17.3 Å². The van der Waals surface area contributed by atoms with Crippen LogP contribution in [0.15, 0.2) is 53.6 Å². The van der Waals surface area contributed by atoms with Crippen molar-refractivity contribution in [1.82, 2.24) is 24.7 Å². The van der Waals surface area contributed by atoms with Crippen molar-refractivity contribution in [2.24, 2.45) is 0 Å². The highest BCUT2D eigenvalue weighted by Gasteiger charge is 2.29. The molecule has 0 aliphatic heterocycles. The predicted octanol–water partition coefficient (Wildman–Crippen LogP) is 3.89. The molecule has 1 N–H and O–H groups in total. The summed E-state index contributed by atoms with van der Waals surface area (Å²) in [5, 5.41) is 6.58. The van der Waals surface area contributed by atoms with Crippen molar-refractivity contribution in [2.75, 3.05) is 5.32 Å². The molecule has 5 rings (SSSR count). The number of carbonyl (C=O) groups excluding carboxylic acids is 1. The van der Waals surface area contributed by atoms with Gasteiger partial charge in [0.05, 0.1) is 11.3 Å². The van der Waals surface area contributed by atoms with E-state index in [-0.39, 0.29) is 11.4 Å². The van der Waals surface area contributed by atoms with Gasteiger partial charge in [-0.15, -0.1) is 0 Å². The second kappa shape index (κ2) is 7.18. The standard InChI is InChI=1S/C21H17FN6O2/c1-12-4-7-16(15(22)9-12)25-20(29)17-10-28(11-24-17)19-14(3-2-8-23-19)21-26-18(27-30-21)13-5-6-13/h2-4,7-11,13H,5-6H2,1H3,(H,25,29). The number of aryl methyl sites for hydroxylation is 1. The Kier molecular flexibility index (Phi) is 4.35. The Bertz CT molecular complexity index is 1240. The molecule has 1 amide bonds. The van der Waals surface area contributed by atoms with Crippen LogP contribution in [0.5, 0.6) is 0 Å². The Morgan fingerprint density at radius 3 is 2.93 bits per heavy atom. The molecule has 8 nitrogen and oxygen atoms in total. The number of hydrogen-bond acceptors (Lipinski definition) is 6. The molecule has 1 aliphatic rings. The van der Waals surface area contributed by atoms with E-state index in [1.54, 1.807) is 29.8 Å². The van der Waals surface area contributed by atoms with Gasteiger partial charge >= 0.3 is 0 Å². The lowest BCUT2D eigenvalue weighted by molar-refractivity contribution is 0.102. The molecule has 1 aromatic carbocycles. The van der Waals surface area contributed by atoms with Crippen molar-refractivity contribution >= 4 is 11.6 Å². The van der Waals surface area contributed by atoms with Gasteiger partial charge < -0.3 is 9.84 Å². The summed E-state index contributed by atoms with van der Waals surface area (Å²) in [5.74, 6) is 0.900. The molecule has 0 bridgehead atoms. The van der Waals surface area contributed by atoms with E-state index >= 15 is 0 Å². The molecule has 30 heavy (non-hydrogen) atoms. The normalized spacial score (nSPS) is 13.4. The zero-order valence-electron chi connectivity index (χ0n) is 16.0. The topological polar surface area (TPSA) is 98.7 Å². The van der Waals surface area contributed by atoms with Crippen LogP contribution in [0.2, 0.25) is 0 Å². The third-order valence-electron chi connectivity index (χ3n) is 4.83. The van der Waals surface area contributed by atoms with Gasteiger partial charge in [-0.1, -0.05) is 11.2 Å². The summed E-state index contributed by atoms with van der Waals surface area (Å²) in [7, 11) is 0. The number of imidazole rings is 1. The van der Waals surface area contributed by atoms with Crippen LogP contribution in [-0.2, 0) is 0 Å². The first-order chi connectivity index (χ1) is 14.6. The lowest BCUT2D eigenvalue weighted by Gasteiger charge is -2.06. The Hall–Kier alpha value is -3.88.